The Morgan fingerprint density at radius 1 is 1.15 bits per heavy atom. The Morgan fingerprint density at radius 3 is 2.81 bits per heavy atom. The summed E-state index contributed by atoms with van der Waals surface area (Å²) in [7, 11) is 0. The summed E-state index contributed by atoms with van der Waals surface area (Å²) in [5, 5.41) is 2.95. The Hall–Kier alpha value is -1.92. The monoisotopic (exact) mass is 357 g/mol. The van der Waals surface area contributed by atoms with Crippen LogP contribution in [0.5, 0.6) is 0 Å². The molecule has 140 valence electrons. The summed E-state index contributed by atoms with van der Waals surface area (Å²) < 4.78 is 5.32. The molecule has 1 unspecified atom stereocenters. The summed E-state index contributed by atoms with van der Waals surface area (Å²) in [6.07, 6.45) is 4.02. The summed E-state index contributed by atoms with van der Waals surface area (Å²) in [5.74, 6) is -0.744. The van der Waals surface area contributed by atoms with Crippen LogP contribution >= 0.6 is 0 Å². The molecule has 1 atom stereocenters. The highest BCUT2D eigenvalue weighted by Gasteiger charge is 2.37. The second-order valence-electron chi connectivity index (χ2n) is 7.38. The molecule has 1 aromatic rings. The number of hydrogen-bond donors (Lipinski definition) is 1. The topological polar surface area (TPSA) is 61.9 Å². The zero-order valence-corrected chi connectivity index (χ0v) is 15.2. The number of aryl methyl sites for hydroxylation is 2. The molecule has 0 bridgehead atoms. The van der Waals surface area contributed by atoms with Crippen LogP contribution in [0.25, 0.3) is 0 Å². The van der Waals surface area contributed by atoms with Gasteiger partial charge in [0, 0.05) is 38.4 Å². The molecule has 2 fully saturated rings. The number of carbonyl (C=O) groups excluding carboxylic acids is 2. The quantitative estimate of drug-likeness (QED) is 0.798. The largest absolute Gasteiger partial charge is 0.379 e. The molecule has 3 aliphatic rings. The number of hydrogen-bond acceptors (Lipinski definition) is 4. The molecule has 6 nitrogen and oxygen atoms in total. The number of anilines is 1. The molecular weight excluding hydrogens is 330 g/mol. The Labute approximate surface area is 154 Å². The summed E-state index contributed by atoms with van der Waals surface area (Å²) in [6.45, 7) is 5.34. The van der Waals surface area contributed by atoms with Gasteiger partial charge in [-0.2, -0.15) is 0 Å². The summed E-state index contributed by atoms with van der Waals surface area (Å²) in [4.78, 5) is 29.3. The van der Waals surface area contributed by atoms with Gasteiger partial charge in [0.05, 0.1) is 13.2 Å². The van der Waals surface area contributed by atoms with Crippen molar-refractivity contribution in [1.29, 1.82) is 0 Å². The third-order valence-electron chi connectivity index (χ3n) is 5.75. The molecule has 2 aliphatic heterocycles. The lowest BCUT2D eigenvalue weighted by atomic mass is 10.1. The van der Waals surface area contributed by atoms with Crippen LogP contribution in [0.4, 0.5) is 5.69 Å². The van der Waals surface area contributed by atoms with Crippen molar-refractivity contribution in [1.82, 2.24) is 10.2 Å². The van der Waals surface area contributed by atoms with Gasteiger partial charge in [-0.25, -0.2) is 0 Å². The second kappa shape index (κ2) is 7.76. The minimum absolute atomic E-state index is 0.0631. The SMILES string of the molecule is O=C(NCCN1CCOCC1)C1CCN(c2ccc3c(c2)CCC3)C1=O. The Balaban J connectivity index is 1.31. The highest BCUT2D eigenvalue weighted by molar-refractivity contribution is 6.09. The van der Waals surface area contributed by atoms with Gasteiger partial charge in [-0.05, 0) is 48.9 Å². The standard InChI is InChI=1S/C20H27N3O3/c24-19(21-7-9-22-10-12-26-13-11-22)18-6-8-23(20(18)25)17-5-4-15-2-1-3-16(15)14-17/h4-5,14,18H,1-3,6-13H2,(H,21,24). The lowest BCUT2D eigenvalue weighted by Gasteiger charge is -2.26. The molecule has 6 heteroatoms. The molecule has 1 aromatic carbocycles. The van der Waals surface area contributed by atoms with E-state index in [0.717, 1.165) is 51.4 Å². The van der Waals surface area contributed by atoms with E-state index >= 15 is 0 Å². The molecule has 0 aromatic heterocycles. The minimum atomic E-state index is -0.548. The normalized spacial score (nSPS) is 23.3. The van der Waals surface area contributed by atoms with Gasteiger partial charge < -0.3 is 15.0 Å². The van der Waals surface area contributed by atoms with E-state index in [9.17, 15) is 9.59 Å². The van der Waals surface area contributed by atoms with Crippen LogP contribution < -0.4 is 10.2 Å². The molecular formula is C20H27N3O3. The van der Waals surface area contributed by atoms with Gasteiger partial charge in [0.2, 0.25) is 11.8 Å². The highest BCUT2D eigenvalue weighted by atomic mass is 16.5. The van der Waals surface area contributed by atoms with E-state index in [2.05, 4.69) is 22.3 Å². The van der Waals surface area contributed by atoms with Crippen LogP contribution in [0.15, 0.2) is 18.2 Å². The van der Waals surface area contributed by atoms with E-state index < -0.39 is 5.92 Å². The number of ether oxygens (including phenoxy) is 1. The number of amides is 2. The van der Waals surface area contributed by atoms with Crippen LogP contribution in [0.1, 0.15) is 24.0 Å². The van der Waals surface area contributed by atoms with Crippen LogP contribution in [0.3, 0.4) is 0 Å². The molecule has 2 heterocycles. The number of benzene rings is 1. The fraction of sp³-hybridized carbons (Fsp3) is 0.600. The Bertz CT molecular complexity index is 685. The molecule has 4 rings (SSSR count). The second-order valence-corrected chi connectivity index (χ2v) is 7.38. The fourth-order valence-corrected chi connectivity index (χ4v) is 4.19. The third kappa shape index (κ3) is 3.62. The van der Waals surface area contributed by atoms with Crippen LogP contribution in [-0.4, -0.2) is 62.7 Å². The van der Waals surface area contributed by atoms with E-state index in [-0.39, 0.29) is 11.8 Å². The van der Waals surface area contributed by atoms with Crippen molar-refractivity contribution in [3.63, 3.8) is 0 Å². The van der Waals surface area contributed by atoms with Gasteiger partial charge >= 0.3 is 0 Å². The first-order valence-electron chi connectivity index (χ1n) is 9.73. The maximum atomic E-state index is 12.8. The average Bonchev–Trinajstić information content (AvgIpc) is 3.28. The Kier molecular flexibility index (Phi) is 5.22. The van der Waals surface area contributed by atoms with Crippen molar-refractivity contribution in [2.24, 2.45) is 5.92 Å². The maximum Gasteiger partial charge on any atom is 0.239 e. The van der Waals surface area contributed by atoms with Gasteiger partial charge in [-0.1, -0.05) is 6.07 Å². The van der Waals surface area contributed by atoms with Crippen LogP contribution in [0, 0.1) is 5.92 Å². The summed E-state index contributed by atoms with van der Waals surface area (Å²) in [5.41, 5.74) is 3.70. The zero-order valence-electron chi connectivity index (χ0n) is 15.2. The predicted molar refractivity (Wildman–Crippen MR) is 99.2 cm³/mol. The molecule has 0 spiro atoms. The van der Waals surface area contributed by atoms with Crippen molar-refractivity contribution in [2.75, 3.05) is 50.8 Å². The Morgan fingerprint density at radius 2 is 1.96 bits per heavy atom. The van der Waals surface area contributed by atoms with Crippen molar-refractivity contribution < 1.29 is 14.3 Å². The number of carbonyl (C=O) groups is 2. The lowest BCUT2D eigenvalue weighted by molar-refractivity contribution is -0.132. The molecule has 1 aliphatic carbocycles. The average molecular weight is 357 g/mol. The summed E-state index contributed by atoms with van der Waals surface area (Å²) in [6, 6.07) is 6.31. The molecule has 1 N–H and O–H groups in total. The van der Waals surface area contributed by atoms with Crippen LogP contribution in [0.2, 0.25) is 0 Å². The van der Waals surface area contributed by atoms with E-state index in [4.69, 9.17) is 4.74 Å². The number of nitrogens with zero attached hydrogens (tertiary/aromatic N) is 2. The van der Waals surface area contributed by atoms with Gasteiger partial charge in [-0.3, -0.25) is 14.5 Å². The third-order valence-corrected chi connectivity index (χ3v) is 5.75. The predicted octanol–water partition coefficient (Wildman–Crippen LogP) is 0.977. The van der Waals surface area contributed by atoms with Gasteiger partial charge in [0.25, 0.3) is 0 Å². The number of morpholine rings is 1. The van der Waals surface area contributed by atoms with Gasteiger partial charge in [-0.15, -0.1) is 0 Å². The smallest absolute Gasteiger partial charge is 0.239 e. The zero-order chi connectivity index (χ0) is 17.9. The number of rotatable bonds is 5. The minimum Gasteiger partial charge on any atom is -0.379 e. The van der Waals surface area contributed by atoms with Crippen LogP contribution in [-0.2, 0) is 27.2 Å². The van der Waals surface area contributed by atoms with Gasteiger partial charge in [0.1, 0.15) is 5.92 Å². The first-order valence-corrected chi connectivity index (χ1v) is 9.73. The van der Waals surface area contributed by atoms with E-state index in [1.54, 1.807) is 4.90 Å². The molecule has 2 saturated heterocycles. The van der Waals surface area contributed by atoms with Crippen molar-refractivity contribution >= 4 is 17.5 Å². The van der Waals surface area contributed by atoms with Crippen molar-refractivity contribution in [3.8, 4) is 0 Å². The highest BCUT2D eigenvalue weighted by Crippen LogP contribution is 2.30. The van der Waals surface area contributed by atoms with Crippen molar-refractivity contribution in [3.05, 3.63) is 29.3 Å². The van der Waals surface area contributed by atoms with Crippen molar-refractivity contribution in [2.45, 2.75) is 25.7 Å². The molecule has 26 heavy (non-hydrogen) atoms. The number of nitrogens with one attached hydrogen (secondary N) is 1. The van der Waals surface area contributed by atoms with E-state index in [1.807, 2.05) is 6.07 Å². The molecule has 2 amide bonds. The lowest BCUT2D eigenvalue weighted by Crippen LogP contribution is -2.43. The first-order chi connectivity index (χ1) is 12.7. The summed E-state index contributed by atoms with van der Waals surface area (Å²) >= 11 is 0. The molecule has 0 radical (unpaired) electrons. The first kappa shape index (κ1) is 17.5. The van der Waals surface area contributed by atoms with Gasteiger partial charge in [0.15, 0.2) is 0 Å². The van der Waals surface area contributed by atoms with E-state index in [0.29, 0.717) is 19.5 Å². The fourth-order valence-electron chi connectivity index (χ4n) is 4.19. The van der Waals surface area contributed by atoms with E-state index in [1.165, 1.54) is 17.5 Å². The maximum absolute atomic E-state index is 12.8. The molecule has 0 saturated carbocycles. The number of fused-ring (bicyclic) bond motifs is 1.